The van der Waals surface area contributed by atoms with E-state index in [0.29, 0.717) is 0 Å². The molecule has 1 amide bonds. The Labute approximate surface area is 198 Å². The summed E-state index contributed by atoms with van der Waals surface area (Å²) in [5, 5.41) is 7.13. The van der Waals surface area contributed by atoms with Crippen molar-refractivity contribution >= 4 is 11.6 Å². The number of hydrogen-bond acceptors (Lipinski definition) is 3. The van der Waals surface area contributed by atoms with Gasteiger partial charge in [-0.15, -0.1) is 0 Å². The predicted octanol–water partition coefficient (Wildman–Crippen LogP) is 6.66. The molecule has 4 nitrogen and oxygen atoms in total. The number of amides is 1. The van der Waals surface area contributed by atoms with Gasteiger partial charge in [0.15, 0.2) is 0 Å². The number of rotatable bonds is 9. The molecular weight excluding hydrogens is 408 g/mol. The molecule has 4 fully saturated rings. The molecule has 4 heteroatoms. The summed E-state index contributed by atoms with van der Waals surface area (Å²) in [7, 11) is 1.69. The SMILES string of the molecule is CCCCCNc1ccc(-c2cccc(OC)c2)cc1C(=O)NC12CC3CC(CC(C3)C1)C2. The summed E-state index contributed by atoms with van der Waals surface area (Å²) in [5.41, 5.74) is 3.83. The van der Waals surface area contributed by atoms with E-state index >= 15 is 0 Å². The van der Waals surface area contributed by atoms with Crippen LogP contribution in [0.1, 0.15) is 75.1 Å². The molecule has 4 aliphatic carbocycles. The van der Waals surface area contributed by atoms with Gasteiger partial charge in [0.1, 0.15) is 5.75 Å². The van der Waals surface area contributed by atoms with Gasteiger partial charge in [0, 0.05) is 17.8 Å². The molecule has 0 radical (unpaired) electrons. The van der Waals surface area contributed by atoms with Crippen molar-refractivity contribution < 1.29 is 9.53 Å². The van der Waals surface area contributed by atoms with Crippen LogP contribution in [0, 0.1) is 17.8 Å². The highest BCUT2D eigenvalue weighted by Crippen LogP contribution is 2.55. The fourth-order valence-electron chi connectivity index (χ4n) is 7.04. The van der Waals surface area contributed by atoms with Crippen LogP contribution < -0.4 is 15.4 Å². The average Bonchev–Trinajstić information content (AvgIpc) is 2.80. The Balaban J connectivity index is 1.42. The molecule has 0 atom stereocenters. The predicted molar refractivity (Wildman–Crippen MR) is 135 cm³/mol. The van der Waals surface area contributed by atoms with Crippen LogP contribution in [0.4, 0.5) is 5.69 Å². The van der Waals surface area contributed by atoms with Crippen molar-refractivity contribution in [3.8, 4) is 16.9 Å². The summed E-state index contributed by atoms with van der Waals surface area (Å²) < 4.78 is 5.42. The van der Waals surface area contributed by atoms with E-state index in [1.165, 1.54) is 51.4 Å². The lowest BCUT2D eigenvalue weighted by Gasteiger charge is -2.56. The van der Waals surface area contributed by atoms with Crippen LogP contribution in [0.15, 0.2) is 42.5 Å². The summed E-state index contributed by atoms with van der Waals surface area (Å²) in [6.07, 6.45) is 11.1. The highest BCUT2D eigenvalue weighted by Gasteiger charge is 2.51. The maximum absolute atomic E-state index is 13.8. The first-order valence-corrected chi connectivity index (χ1v) is 12.9. The lowest BCUT2D eigenvalue weighted by Crippen LogP contribution is -2.59. The molecule has 4 aliphatic rings. The second-order valence-electron chi connectivity index (χ2n) is 10.8. The maximum Gasteiger partial charge on any atom is 0.253 e. The molecular formula is C29H38N2O2. The van der Waals surface area contributed by atoms with Crippen LogP contribution in [0.25, 0.3) is 11.1 Å². The third-order valence-corrected chi connectivity index (χ3v) is 8.18. The Kier molecular flexibility index (Phi) is 6.36. The first kappa shape index (κ1) is 22.3. The van der Waals surface area contributed by atoms with E-state index in [9.17, 15) is 4.79 Å². The number of carbonyl (C=O) groups excluding carboxylic acids is 1. The molecule has 0 aliphatic heterocycles. The number of ether oxygens (including phenoxy) is 1. The number of carbonyl (C=O) groups is 1. The van der Waals surface area contributed by atoms with Crippen molar-refractivity contribution in [3.05, 3.63) is 48.0 Å². The van der Waals surface area contributed by atoms with Gasteiger partial charge in [0.25, 0.3) is 5.91 Å². The van der Waals surface area contributed by atoms with Crippen molar-refractivity contribution in [2.45, 2.75) is 70.3 Å². The van der Waals surface area contributed by atoms with Crippen LogP contribution in [0.3, 0.4) is 0 Å². The number of benzene rings is 2. The molecule has 4 saturated carbocycles. The summed E-state index contributed by atoms with van der Waals surface area (Å²) in [5.74, 6) is 3.34. The fourth-order valence-corrected chi connectivity index (χ4v) is 7.04. The number of unbranched alkanes of at least 4 members (excludes halogenated alkanes) is 2. The van der Waals surface area contributed by atoms with Gasteiger partial charge in [-0.1, -0.05) is 38.0 Å². The summed E-state index contributed by atoms with van der Waals surface area (Å²) in [6.45, 7) is 3.11. The standard InChI is InChI=1S/C29H38N2O2/c1-3-4-5-11-30-27-10-9-24(23-7-6-8-25(15-23)33-2)16-26(27)28(32)31-29-17-20-12-21(18-29)14-22(13-20)19-29/h6-10,15-16,20-22,30H,3-5,11-14,17-19H2,1-2H3,(H,31,32). The minimum absolute atomic E-state index is 0.0112. The van der Waals surface area contributed by atoms with Crippen molar-refractivity contribution in [1.29, 1.82) is 0 Å². The highest BCUT2D eigenvalue weighted by atomic mass is 16.5. The number of hydrogen-bond donors (Lipinski definition) is 2. The molecule has 176 valence electrons. The first-order chi connectivity index (χ1) is 16.1. The molecule has 0 aromatic heterocycles. The first-order valence-electron chi connectivity index (χ1n) is 12.9. The monoisotopic (exact) mass is 446 g/mol. The zero-order valence-corrected chi connectivity index (χ0v) is 20.2. The Morgan fingerprint density at radius 1 is 0.970 bits per heavy atom. The Morgan fingerprint density at radius 2 is 1.67 bits per heavy atom. The van der Waals surface area contributed by atoms with Gasteiger partial charge in [-0.05, 0) is 98.1 Å². The van der Waals surface area contributed by atoms with E-state index < -0.39 is 0 Å². The Morgan fingerprint density at radius 3 is 2.33 bits per heavy atom. The van der Waals surface area contributed by atoms with Gasteiger partial charge < -0.3 is 15.4 Å². The van der Waals surface area contributed by atoms with E-state index in [0.717, 1.165) is 58.8 Å². The normalized spacial score (nSPS) is 27.4. The molecule has 0 heterocycles. The average molecular weight is 447 g/mol. The number of nitrogens with one attached hydrogen (secondary N) is 2. The lowest BCUT2D eigenvalue weighted by molar-refractivity contribution is -0.0166. The number of anilines is 1. The summed E-state index contributed by atoms with van der Waals surface area (Å²) in [6, 6.07) is 14.3. The maximum atomic E-state index is 13.8. The Bertz CT molecular complexity index is 964. The molecule has 2 N–H and O–H groups in total. The minimum Gasteiger partial charge on any atom is -0.497 e. The second-order valence-corrected chi connectivity index (χ2v) is 10.8. The van der Waals surface area contributed by atoms with Gasteiger partial charge in [-0.25, -0.2) is 0 Å². The molecule has 2 aromatic carbocycles. The van der Waals surface area contributed by atoms with E-state index in [1.807, 2.05) is 18.2 Å². The van der Waals surface area contributed by atoms with E-state index in [1.54, 1.807) is 7.11 Å². The third kappa shape index (κ3) is 4.76. The van der Waals surface area contributed by atoms with Crippen LogP contribution >= 0.6 is 0 Å². The van der Waals surface area contributed by atoms with E-state index in [4.69, 9.17) is 4.74 Å². The zero-order valence-electron chi connectivity index (χ0n) is 20.2. The van der Waals surface area contributed by atoms with Crippen LogP contribution in [0.5, 0.6) is 5.75 Å². The fraction of sp³-hybridized carbons (Fsp3) is 0.552. The third-order valence-electron chi connectivity index (χ3n) is 8.18. The van der Waals surface area contributed by atoms with E-state index in [-0.39, 0.29) is 11.4 Å². The quantitative estimate of drug-likeness (QED) is 0.423. The van der Waals surface area contributed by atoms with Gasteiger partial charge >= 0.3 is 0 Å². The lowest BCUT2D eigenvalue weighted by atomic mass is 9.53. The molecule has 6 rings (SSSR count). The molecule has 0 saturated heterocycles. The molecule has 2 aromatic rings. The van der Waals surface area contributed by atoms with Gasteiger partial charge in [-0.2, -0.15) is 0 Å². The van der Waals surface area contributed by atoms with Gasteiger partial charge in [0.2, 0.25) is 0 Å². The number of methoxy groups -OCH3 is 1. The van der Waals surface area contributed by atoms with Crippen molar-refractivity contribution in [2.24, 2.45) is 17.8 Å². The van der Waals surface area contributed by atoms with Crippen molar-refractivity contribution in [3.63, 3.8) is 0 Å². The highest BCUT2D eigenvalue weighted by molar-refractivity contribution is 6.01. The molecule has 33 heavy (non-hydrogen) atoms. The molecule has 0 unspecified atom stereocenters. The molecule has 0 spiro atoms. The van der Waals surface area contributed by atoms with Gasteiger partial charge in [-0.3, -0.25) is 4.79 Å². The Hall–Kier alpha value is -2.49. The second kappa shape index (κ2) is 9.40. The van der Waals surface area contributed by atoms with Crippen LogP contribution in [-0.4, -0.2) is 25.1 Å². The molecule has 4 bridgehead atoms. The van der Waals surface area contributed by atoms with Gasteiger partial charge in [0.05, 0.1) is 12.7 Å². The summed E-state index contributed by atoms with van der Waals surface area (Å²) >= 11 is 0. The smallest absolute Gasteiger partial charge is 0.253 e. The topological polar surface area (TPSA) is 50.4 Å². The zero-order chi connectivity index (χ0) is 22.8. The largest absolute Gasteiger partial charge is 0.497 e. The van der Waals surface area contributed by atoms with Crippen LogP contribution in [-0.2, 0) is 0 Å². The minimum atomic E-state index is 0.0112. The summed E-state index contributed by atoms with van der Waals surface area (Å²) in [4.78, 5) is 13.8. The van der Waals surface area contributed by atoms with Crippen molar-refractivity contribution in [1.82, 2.24) is 5.32 Å². The van der Waals surface area contributed by atoms with Crippen molar-refractivity contribution in [2.75, 3.05) is 19.0 Å². The van der Waals surface area contributed by atoms with E-state index in [2.05, 4.69) is 41.8 Å². The van der Waals surface area contributed by atoms with Crippen LogP contribution in [0.2, 0.25) is 0 Å².